The highest BCUT2D eigenvalue weighted by molar-refractivity contribution is 5.92. The SMILES string of the molecule is Cc1nc(C)c(C(=O)NCC2=CCNCC2)o1.Cl. The van der Waals surface area contributed by atoms with E-state index in [0.717, 1.165) is 19.5 Å². The fraction of sp³-hybridized carbons (Fsp3) is 0.500. The number of nitrogens with zero attached hydrogens (tertiary/aromatic N) is 1. The molecule has 5 nitrogen and oxygen atoms in total. The number of hydrogen-bond acceptors (Lipinski definition) is 4. The van der Waals surface area contributed by atoms with Crippen LogP contribution >= 0.6 is 12.4 Å². The standard InChI is InChI=1S/C12H17N3O2.ClH/c1-8-11(17-9(2)15-8)12(16)14-7-10-3-5-13-6-4-10;/h3,13H,4-7H2,1-2H3,(H,14,16);1H. The molecule has 1 aliphatic heterocycles. The van der Waals surface area contributed by atoms with E-state index in [1.165, 1.54) is 5.57 Å². The minimum Gasteiger partial charge on any atom is -0.436 e. The molecule has 1 aromatic rings. The largest absolute Gasteiger partial charge is 0.436 e. The summed E-state index contributed by atoms with van der Waals surface area (Å²) in [4.78, 5) is 15.9. The van der Waals surface area contributed by atoms with Crippen LogP contribution in [0.1, 0.15) is 28.6 Å². The summed E-state index contributed by atoms with van der Waals surface area (Å²) >= 11 is 0. The number of aryl methyl sites for hydroxylation is 2. The van der Waals surface area contributed by atoms with Gasteiger partial charge in [0, 0.05) is 20.0 Å². The monoisotopic (exact) mass is 271 g/mol. The Morgan fingerprint density at radius 1 is 1.56 bits per heavy atom. The molecule has 100 valence electrons. The van der Waals surface area contributed by atoms with Gasteiger partial charge in [0.05, 0.1) is 5.69 Å². The zero-order valence-electron chi connectivity index (χ0n) is 10.6. The number of carbonyl (C=O) groups excluding carboxylic acids is 1. The van der Waals surface area contributed by atoms with E-state index in [0.29, 0.717) is 23.9 Å². The van der Waals surface area contributed by atoms with Gasteiger partial charge < -0.3 is 15.1 Å². The number of aromatic nitrogens is 1. The van der Waals surface area contributed by atoms with E-state index < -0.39 is 0 Å². The lowest BCUT2D eigenvalue weighted by molar-refractivity contribution is 0.0927. The van der Waals surface area contributed by atoms with Crippen LogP contribution < -0.4 is 10.6 Å². The van der Waals surface area contributed by atoms with Crippen LogP contribution in [-0.4, -0.2) is 30.5 Å². The van der Waals surface area contributed by atoms with Crippen LogP contribution in [0.5, 0.6) is 0 Å². The molecule has 6 heteroatoms. The third-order valence-electron chi connectivity index (χ3n) is 2.74. The first-order chi connectivity index (χ1) is 8.16. The second-order valence-electron chi connectivity index (χ2n) is 4.15. The molecule has 0 aromatic carbocycles. The van der Waals surface area contributed by atoms with Gasteiger partial charge >= 0.3 is 0 Å². The molecule has 0 unspecified atom stereocenters. The lowest BCUT2D eigenvalue weighted by atomic mass is 10.1. The quantitative estimate of drug-likeness (QED) is 0.815. The van der Waals surface area contributed by atoms with Crippen LogP contribution in [0.25, 0.3) is 0 Å². The summed E-state index contributed by atoms with van der Waals surface area (Å²) < 4.78 is 5.26. The Morgan fingerprint density at radius 2 is 2.33 bits per heavy atom. The molecule has 18 heavy (non-hydrogen) atoms. The molecule has 0 atom stereocenters. The Labute approximate surface area is 112 Å². The van der Waals surface area contributed by atoms with Crippen molar-refractivity contribution in [3.8, 4) is 0 Å². The van der Waals surface area contributed by atoms with Gasteiger partial charge in [0.25, 0.3) is 5.91 Å². The van der Waals surface area contributed by atoms with Crippen LogP contribution in [0.3, 0.4) is 0 Å². The molecule has 2 heterocycles. The Kier molecular flexibility index (Phi) is 5.37. The van der Waals surface area contributed by atoms with Crippen LogP contribution in [0, 0.1) is 13.8 Å². The second-order valence-corrected chi connectivity index (χ2v) is 4.15. The average molecular weight is 272 g/mol. The van der Waals surface area contributed by atoms with Crippen molar-refractivity contribution < 1.29 is 9.21 Å². The minimum absolute atomic E-state index is 0. The Hall–Kier alpha value is -1.33. The predicted molar refractivity (Wildman–Crippen MR) is 71.1 cm³/mol. The van der Waals surface area contributed by atoms with Gasteiger partial charge in [0.15, 0.2) is 5.89 Å². The fourth-order valence-corrected chi connectivity index (χ4v) is 1.85. The Bertz CT molecular complexity index is 454. The molecule has 0 aliphatic carbocycles. The Morgan fingerprint density at radius 3 is 2.89 bits per heavy atom. The maximum atomic E-state index is 11.8. The lowest BCUT2D eigenvalue weighted by Gasteiger charge is -2.14. The fourth-order valence-electron chi connectivity index (χ4n) is 1.85. The van der Waals surface area contributed by atoms with E-state index in [4.69, 9.17) is 4.42 Å². The topological polar surface area (TPSA) is 67.2 Å². The molecule has 0 bridgehead atoms. The van der Waals surface area contributed by atoms with Crippen molar-refractivity contribution >= 4 is 18.3 Å². The first kappa shape index (κ1) is 14.7. The lowest BCUT2D eigenvalue weighted by Crippen LogP contribution is -2.29. The van der Waals surface area contributed by atoms with Crippen LogP contribution in [-0.2, 0) is 0 Å². The summed E-state index contributed by atoms with van der Waals surface area (Å²) in [5, 5.41) is 6.08. The average Bonchev–Trinajstić information content (AvgIpc) is 2.67. The van der Waals surface area contributed by atoms with E-state index in [1.807, 2.05) is 0 Å². The molecule has 1 aromatic heterocycles. The zero-order valence-corrected chi connectivity index (χ0v) is 11.4. The highest BCUT2D eigenvalue weighted by atomic mass is 35.5. The number of carbonyl (C=O) groups is 1. The van der Waals surface area contributed by atoms with Crippen molar-refractivity contribution in [3.63, 3.8) is 0 Å². The molecule has 0 saturated carbocycles. The molecule has 1 amide bonds. The second kappa shape index (κ2) is 6.56. The van der Waals surface area contributed by atoms with Gasteiger partial charge in [-0.05, 0) is 19.9 Å². The molecule has 0 spiro atoms. The number of nitrogens with one attached hydrogen (secondary N) is 2. The molecule has 1 aliphatic rings. The summed E-state index contributed by atoms with van der Waals surface area (Å²) in [6.45, 7) is 5.95. The number of hydrogen-bond donors (Lipinski definition) is 2. The summed E-state index contributed by atoms with van der Waals surface area (Å²) in [6.07, 6.45) is 3.09. The summed E-state index contributed by atoms with van der Waals surface area (Å²) in [7, 11) is 0. The molecule has 2 rings (SSSR count). The highest BCUT2D eigenvalue weighted by Crippen LogP contribution is 2.09. The maximum absolute atomic E-state index is 11.8. The summed E-state index contributed by atoms with van der Waals surface area (Å²) in [5.41, 5.74) is 1.89. The maximum Gasteiger partial charge on any atom is 0.289 e. The van der Waals surface area contributed by atoms with E-state index in [-0.39, 0.29) is 18.3 Å². The number of rotatable bonds is 3. The van der Waals surface area contributed by atoms with Gasteiger partial charge in [-0.25, -0.2) is 4.98 Å². The first-order valence-corrected chi connectivity index (χ1v) is 5.77. The van der Waals surface area contributed by atoms with Gasteiger partial charge in [0.2, 0.25) is 5.76 Å². The van der Waals surface area contributed by atoms with E-state index in [1.54, 1.807) is 13.8 Å². The van der Waals surface area contributed by atoms with Crippen molar-refractivity contribution in [3.05, 3.63) is 29.0 Å². The van der Waals surface area contributed by atoms with Gasteiger partial charge in [-0.3, -0.25) is 4.79 Å². The normalized spacial score (nSPS) is 14.7. The van der Waals surface area contributed by atoms with Crippen LogP contribution in [0.2, 0.25) is 0 Å². The van der Waals surface area contributed by atoms with E-state index in [2.05, 4.69) is 21.7 Å². The number of oxazole rings is 1. The van der Waals surface area contributed by atoms with Gasteiger partial charge in [0.1, 0.15) is 0 Å². The molecular formula is C12H18ClN3O2. The smallest absolute Gasteiger partial charge is 0.289 e. The third-order valence-corrected chi connectivity index (χ3v) is 2.74. The molecule has 2 N–H and O–H groups in total. The number of amides is 1. The van der Waals surface area contributed by atoms with E-state index >= 15 is 0 Å². The third kappa shape index (κ3) is 3.58. The van der Waals surface area contributed by atoms with Crippen molar-refractivity contribution in [2.45, 2.75) is 20.3 Å². The summed E-state index contributed by atoms with van der Waals surface area (Å²) in [6, 6.07) is 0. The highest BCUT2D eigenvalue weighted by Gasteiger charge is 2.15. The van der Waals surface area contributed by atoms with Crippen LogP contribution in [0.4, 0.5) is 0 Å². The van der Waals surface area contributed by atoms with Crippen molar-refractivity contribution in [1.29, 1.82) is 0 Å². The minimum atomic E-state index is -0.192. The van der Waals surface area contributed by atoms with Gasteiger partial charge in [-0.1, -0.05) is 11.6 Å². The van der Waals surface area contributed by atoms with E-state index in [9.17, 15) is 4.79 Å². The van der Waals surface area contributed by atoms with Crippen LogP contribution in [0.15, 0.2) is 16.1 Å². The van der Waals surface area contributed by atoms with Crippen molar-refractivity contribution in [2.24, 2.45) is 0 Å². The van der Waals surface area contributed by atoms with Gasteiger partial charge in [-0.2, -0.15) is 0 Å². The zero-order chi connectivity index (χ0) is 12.3. The number of halogens is 1. The molecular weight excluding hydrogens is 254 g/mol. The first-order valence-electron chi connectivity index (χ1n) is 5.77. The van der Waals surface area contributed by atoms with Crippen molar-refractivity contribution in [1.82, 2.24) is 15.6 Å². The summed E-state index contributed by atoms with van der Waals surface area (Å²) in [5.74, 6) is 0.647. The Balaban J connectivity index is 0.00000162. The molecule has 0 saturated heterocycles. The molecule has 0 radical (unpaired) electrons. The predicted octanol–water partition coefficient (Wildman–Crippen LogP) is 1.36. The van der Waals surface area contributed by atoms with Gasteiger partial charge in [-0.15, -0.1) is 12.4 Å². The van der Waals surface area contributed by atoms with Crippen molar-refractivity contribution in [2.75, 3.05) is 19.6 Å². The molecule has 0 fully saturated rings.